The maximum atomic E-state index is 11.8. The van der Waals surface area contributed by atoms with E-state index in [4.69, 9.17) is 4.74 Å². The van der Waals surface area contributed by atoms with E-state index in [1.165, 1.54) is 11.1 Å². The highest BCUT2D eigenvalue weighted by molar-refractivity contribution is 7.98. The van der Waals surface area contributed by atoms with Gasteiger partial charge in [-0.2, -0.15) is 0 Å². The van der Waals surface area contributed by atoms with Crippen LogP contribution in [-0.2, 0) is 17.0 Å². The molecule has 0 aliphatic carbocycles. The summed E-state index contributed by atoms with van der Waals surface area (Å²) in [6.07, 6.45) is 0.798. The predicted octanol–water partition coefficient (Wildman–Crippen LogP) is 3.02. The number of hydrogen-bond donors (Lipinski definition) is 1. The SMILES string of the molecule is COCCCn1c(SCc2ccc(C(C)C)cc2)n[nH]c1=O. The number of ether oxygens (including phenoxy) is 1. The third-order valence-electron chi connectivity index (χ3n) is 3.47. The van der Waals surface area contributed by atoms with Gasteiger partial charge in [0.15, 0.2) is 5.16 Å². The summed E-state index contributed by atoms with van der Waals surface area (Å²) >= 11 is 1.57. The summed E-state index contributed by atoms with van der Waals surface area (Å²) in [5, 5.41) is 7.35. The molecule has 1 aromatic carbocycles. The first kappa shape index (κ1) is 16.8. The van der Waals surface area contributed by atoms with Crippen molar-refractivity contribution >= 4 is 11.8 Å². The molecule has 6 heteroatoms. The number of aromatic amines is 1. The largest absolute Gasteiger partial charge is 0.385 e. The fraction of sp³-hybridized carbons (Fsp3) is 0.500. The van der Waals surface area contributed by atoms with Crippen LogP contribution < -0.4 is 5.69 Å². The fourth-order valence-electron chi connectivity index (χ4n) is 2.12. The Morgan fingerprint density at radius 2 is 2.05 bits per heavy atom. The van der Waals surface area contributed by atoms with E-state index in [1.807, 2.05) is 0 Å². The molecule has 0 amide bonds. The monoisotopic (exact) mass is 321 g/mol. The Morgan fingerprint density at radius 3 is 2.68 bits per heavy atom. The molecule has 0 aliphatic rings. The zero-order valence-corrected chi connectivity index (χ0v) is 14.2. The van der Waals surface area contributed by atoms with Crippen LogP contribution in [0.15, 0.2) is 34.2 Å². The van der Waals surface area contributed by atoms with E-state index >= 15 is 0 Å². The standard InChI is InChI=1S/C16H23N3O2S/c1-12(2)14-7-5-13(6-8-14)11-22-16-18-17-15(20)19(16)9-4-10-21-3/h5-8,12H,4,9-11H2,1-3H3,(H,17,20). The highest BCUT2D eigenvalue weighted by Gasteiger charge is 2.09. The zero-order chi connectivity index (χ0) is 15.9. The van der Waals surface area contributed by atoms with E-state index in [0.717, 1.165) is 17.3 Å². The number of methoxy groups -OCH3 is 1. The number of nitrogens with zero attached hydrogens (tertiary/aromatic N) is 2. The zero-order valence-electron chi connectivity index (χ0n) is 13.3. The first-order chi connectivity index (χ1) is 10.6. The molecule has 1 heterocycles. The van der Waals surface area contributed by atoms with Crippen molar-refractivity contribution in [3.63, 3.8) is 0 Å². The molecule has 0 spiro atoms. The van der Waals surface area contributed by atoms with Gasteiger partial charge in [0.05, 0.1) is 0 Å². The van der Waals surface area contributed by atoms with Gasteiger partial charge < -0.3 is 4.74 Å². The van der Waals surface area contributed by atoms with Gasteiger partial charge >= 0.3 is 5.69 Å². The molecule has 2 aromatic rings. The van der Waals surface area contributed by atoms with Crippen LogP contribution in [0.3, 0.4) is 0 Å². The van der Waals surface area contributed by atoms with E-state index in [2.05, 4.69) is 48.3 Å². The Morgan fingerprint density at radius 1 is 1.32 bits per heavy atom. The second-order valence-electron chi connectivity index (χ2n) is 5.49. The van der Waals surface area contributed by atoms with Crippen LogP contribution >= 0.6 is 11.8 Å². The van der Waals surface area contributed by atoms with Gasteiger partial charge in [0, 0.05) is 26.0 Å². The van der Waals surface area contributed by atoms with E-state index in [1.54, 1.807) is 23.4 Å². The molecule has 1 aromatic heterocycles. The Bertz CT molecular complexity index is 632. The summed E-state index contributed by atoms with van der Waals surface area (Å²) in [5.41, 5.74) is 2.41. The third kappa shape index (κ3) is 4.48. The summed E-state index contributed by atoms with van der Waals surface area (Å²) in [5.74, 6) is 1.34. The summed E-state index contributed by atoms with van der Waals surface area (Å²) in [7, 11) is 1.66. The van der Waals surface area contributed by atoms with Crippen LogP contribution in [0.25, 0.3) is 0 Å². The van der Waals surface area contributed by atoms with E-state index in [9.17, 15) is 4.79 Å². The van der Waals surface area contributed by atoms with Crippen molar-refractivity contribution in [1.29, 1.82) is 0 Å². The minimum absolute atomic E-state index is 0.159. The van der Waals surface area contributed by atoms with Crippen LogP contribution in [0.2, 0.25) is 0 Å². The lowest BCUT2D eigenvalue weighted by atomic mass is 10.0. The van der Waals surface area contributed by atoms with Crippen molar-refractivity contribution in [2.24, 2.45) is 0 Å². The maximum Gasteiger partial charge on any atom is 0.343 e. The number of H-pyrrole nitrogens is 1. The summed E-state index contributed by atoms with van der Waals surface area (Å²) < 4.78 is 6.70. The molecular weight excluding hydrogens is 298 g/mol. The summed E-state index contributed by atoms with van der Waals surface area (Å²) in [4.78, 5) is 11.8. The average Bonchev–Trinajstić information content (AvgIpc) is 2.86. The van der Waals surface area contributed by atoms with Crippen LogP contribution in [0.1, 0.15) is 37.3 Å². The quantitative estimate of drug-likeness (QED) is 0.600. The molecule has 2 rings (SSSR count). The summed E-state index contributed by atoms with van der Waals surface area (Å²) in [6.45, 7) is 5.63. The van der Waals surface area contributed by atoms with E-state index < -0.39 is 0 Å². The van der Waals surface area contributed by atoms with Gasteiger partial charge in [0.1, 0.15) is 0 Å². The van der Waals surface area contributed by atoms with Gasteiger partial charge in [-0.25, -0.2) is 9.89 Å². The molecule has 0 atom stereocenters. The minimum Gasteiger partial charge on any atom is -0.385 e. The smallest absolute Gasteiger partial charge is 0.343 e. The molecule has 0 bridgehead atoms. The van der Waals surface area contributed by atoms with Crippen molar-refractivity contribution < 1.29 is 4.74 Å². The number of nitrogens with one attached hydrogen (secondary N) is 1. The van der Waals surface area contributed by atoms with Gasteiger partial charge in [-0.05, 0) is 23.5 Å². The fourth-order valence-corrected chi connectivity index (χ4v) is 3.05. The van der Waals surface area contributed by atoms with Crippen molar-refractivity contribution in [2.75, 3.05) is 13.7 Å². The summed E-state index contributed by atoms with van der Waals surface area (Å²) in [6, 6.07) is 8.61. The van der Waals surface area contributed by atoms with E-state index in [-0.39, 0.29) is 5.69 Å². The van der Waals surface area contributed by atoms with Crippen LogP contribution in [0, 0.1) is 0 Å². The number of benzene rings is 1. The topological polar surface area (TPSA) is 59.9 Å². The normalized spacial score (nSPS) is 11.3. The lowest BCUT2D eigenvalue weighted by Crippen LogP contribution is -2.18. The van der Waals surface area contributed by atoms with Crippen LogP contribution in [0.4, 0.5) is 0 Å². The van der Waals surface area contributed by atoms with Crippen molar-refractivity contribution in [2.45, 2.75) is 43.6 Å². The Labute approximate surface area is 135 Å². The minimum atomic E-state index is -0.159. The highest BCUT2D eigenvalue weighted by Crippen LogP contribution is 2.21. The lowest BCUT2D eigenvalue weighted by molar-refractivity contribution is 0.189. The molecule has 5 nitrogen and oxygen atoms in total. The predicted molar refractivity (Wildman–Crippen MR) is 89.4 cm³/mol. The van der Waals surface area contributed by atoms with E-state index in [0.29, 0.717) is 19.1 Å². The van der Waals surface area contributed by atoms with Gasteiger partial charge in [-0.3, -0.25) is 4.57 Å². The van der Waals surface area contributed by atoms with Crippen molar-refractivity contribution in [1.82, 2.24) is 14.8 Å². The number of rotatable bonds is 8. The molecule has 0 aliphatic heterocycles. The molecule has 0 saturated carbocycles. The second-order valence-corrected chi connectivity index (χ2v) is 6.44. The van der Waals surface area contributed by atoms with Crippen molar-refractivity contribution in [3.05, 3.63) is 45.9 Å². The van der Waals surface area contributed by atoms with Crippen LogP contribution in [0.5, 0.6) is 0 Å². The molecule has 0 fully saturated rings. The average molecular weight is 321 g/mol. The third-order valence-corrected chi connectivity index (χ3v) is 4.52. The molecule has 1 N–H and O–H groups in total. The molecule has 0 radical (unpaired) electrons. The number of hydrogen-bond acceptors (Lipinski definition) is 4. The Hall–Kier alpha value is -1.53. The maximum absolute atomic E-state index is 11.8. The number of thioether (sulfide) groups is 1. The molecule has 120 valence electrons. The highest BCUT2D eigenvalue weighted by atomic mass is 32.2. The van der Waals surface area contributed by atoms with Gasteiger partial charge in [0.2, 0.25) is 0 Å². The lowest BCUT2D eigenvalue weighted by Gasteiger charge is -2.07. The molecular formula is C16H23N3O2S. The van der Waals surface area contributed by atoms with Gasteiger partial charge in [0.25, 0.3) is 0 Å². The Kier molecular flexibility index (Phi) is 6.27. The van der Waals surface area contributed by atoms with Gasteiger partial charge in [-0.15, -0.1) is 5.10 Å². The van der Waals surface area contributed by atoms with Crippen LogP contribution in [-0.4, -0.2) is 28.5 Å². The molecule has 0 unspecified atom stereocenters. The number of aromatic nitrogens is 3. The van der Waals surface area contributed by atoms with Crippen molar-refractivity contribution in [3.8, 4) is 0 Å². The molecule has 22 heavy (non-hydrogen) atoms. The Balaban J connectivity index is 1.97. The first-order valence-electron chi connectivity index (χ1n) is 7.47. The molecule has 0 saturated heterocycles. The first-order valence-corrected chi connectivity index (χ1v) is 8.46. The second kappa shape index (κ2) is 8.19. The van der Waals surface area contributed by atoms with Gasteiger partial charge in [-0.1, -0.05) is 49.9 Å².